The first kappa shape index (κ1) is 18.1. The summed E-state index contributed by atoms with van der Waals surface area (Å²) in [6.45, 7) is 6.79. The summed E-state index contributed by atoms with van der Waals surface area (Å²) in [4.78, 5) is 6.32. The van der Waals surface area contributed by atoms with E-state index in [1.807, 2.05) is 23.9 Å². The number of ether oxygens (including phenoxy) is 1. The predicted molar refractivity (Wildman–Crippen MR) is 108 cm³/mol. The fourth-order valence-corrected chi connectivity index (χ4v) is 3.91. The average Bonchev–Trinajstić information content (AvgIpc) is 2.82. The van der Waals surface area contributed by atoms with Gasteiger partial charge in [-0.1, -0.05) is 39.0 Å². The number of thioether (sulfide) groups is 1. The number of methoxy groups -OCH3 is 1. The maximum absolute atomic E-state index is 5.22. The van der Waals surface area contributed by atoms with Crippen LogP contribution in [0.1, 0.15) is 44.7 Å². The molecule has 0 atom stereocenters. The lowest BCUT2D eigenvalue weighted by Gasteiger charge is -2.20. The molecule has 2 aromatic rings. The summed E-state index contributed by atoms with van der Waals surface area (Å²) in [5.74, 6) is 1.86. The van der Waals surface area contributed by atoms with Crippen LogP contribution in [0, 0.1) is 5.41 Å². The lowest BCUT2D eigenvalue weighted by Crippen LogP contribution is -2.19. The quantitative estimate of drug-likeness (QED) is 0.590. The summed E-state index contributed by atoms with van der Waals surface area (Å²) in [6.07, 6.45) is 3.43. The molecular formula is C22H27NOS. The van der Waals surface area contributed by atoms with Crippen LogP contribution < -0.4 is 4.74 Å². The normalized spacial score (nSPS) is 14.5. The first-order chi connectivity index (χ1) is 12.0. The van der Waals surface area contributed by atoms with E-state index >= 15 is 0 Å². The molecular weight excluding hydrogens is 326 g/mol. The summed E-state index contributed by atoms with van der Waals surface area (Å²) in [7, 11) is 1.70. The van der Waals surface area contributed by atoms with Crippen LogP contribution >= 0.6 is 11.8 Å². The summed E-state index contributed by atoms with van der Waals surface area (Å²) in [5, 5.41) is 0. The number of hydrogen-bond donors (Lipinski definition) is 0. The van der Waals surface area contributed by atoms with Crippen molar-refractivity contribution in [2.75, 3.05) is 7.11 Å². The van der Waals surface area contributed by atoms with Crippen LogP contribution in [0.4, 0.5) is 5.69 Å². The number of aliphatic imine (C=N–C) groups is 1. The van der Waals surface area contributed by atoms with Gasteiger partial charge in [0.05, 0.1) is 12.8 Å². The van der Waals surface area contributed by atoms with E-state index in [4.69, 9.17) is 9.73 Å². The summed E-state index contributed by atoms with van der Waals surface area (Å²) < 4.78 is 5.22. The molecule has 0 radical (unpaired) electrons. The highest BCUT2D eigenvalue weighted by Crippen LogP contribution is 2.34. The highest BCUT2D eigenvalue weighted by molar-refractivity contribution is 7.98. The number of nitrogens with zero attached hydrogens (tertiary/aromatic N) is 1. The lowest BCUT2D eigenvalue weighted by atomic mass is 9.87. The van der Waals surface area contributed by atoms with Gasteiger partial charge in [0.1, 0.15) is 5.75 Å². The molecule has 0 saturated heterocycles. The van der Waals surface area contributed by atoms with Gasteiger partial charge in [-0.3, -0.25) is 4.99 Å². The molecule has 2 nitrogen and oxygen atoms in total. The number of aryl methyl sites for hydroxylation is 1. The Bertz CT molecular complexity index is 757. The van der Waals surface area contributed by atoms with Crippen LogP contribution in [0.2, 0.25) is 0 Å². The minimum Gasteiger partial charge on any atom is -0.497 e. The number of hydrogen-bond acceptors (Lipinski definition) is 3. The van der Waals surface area contributed by atoms with Gasteiger partial charge in [-0.25, -0.2) is 0 Å². The molecule has 1 aliphatic heterocycles. The van der Waals surface area contributed by atoms with E-state index in [9.17, 15) is 0 Å². The van der Waals surface area contributed by atoms with E-state index in [-0.39, 0.29) is 5.41 Å². The van der Waals surface area contributed by atoms with Crippen LogP contribution in [0.5, 0.6) is 5.75 Å². The maximum atomic E-state index is 5.22. The van der Waals surface area contributed by atoms with Crippen molar-refractivity contribution < 1.29 is 4.74 Å². The van der Waals surface area contributed by atoms with E-state index < -0.39 is 0 Å². The Kier molecular flexibility index (Phi) is 5.53. The third-order valence-electron chi connectivity index (χ3n) is 4.60. The molecule has 2 aromatic carbocycles. The number of benzene rings is 2. The van der Waals surface area contributed by atoms with Gasteiger partial charge in [0.25, 0.3) is 0 Å². The van der Waals surface area contributed by atoms with Gasteiger partial charge in [-0.05, 0) is 54.7 Å². The van der Waals surface area contributed by atoms with E-state index in [0.717, 1.165) is 24.3 Å². The molecule has 0 bridgehead atoms. The van der Waals surface area contributed by atoms with Crippen molar-refractivity contribution >= 4 is 23.2 Å². The van der Waals surface area contributed by atoms with E-state index in [0.29, 0.717) is 0 Å². The van der Waals surface area contributed by atoms with Crippen LogP contribution in [-0.4, -0.2) is 12.8 Å². The molecule has 0 fully saturated rings. The highest BCUT2D eigenvalue weighted by Gasteiger charge is 2.21. The Morgan fingerprint density at radius 2 is 1.80 bits per heavy atom. The van der Waals surface area contributed by atoms with Gasteiger partial charge >= 0.3 is 0 Å². The zero-order valence-corrected chi connectivity index (χ0v) is 16.5. The van der Waals surface area contributed by atoms with Crippen molar-refractivity contribution in [3.05, 3.63) is 53.6 Å². The van der Waals surface area contributed by atoms with Gasteiger partial charge < -0.3 is 4.74 Å². The Labute approximate surface area is 155 Å². The molecule has 1 heterocycles. The minimum atomic E-state index is 0.147. The molecule has 3 rings (SSSR count). The predicted octanol–water partition coefficient (Wildman–Crippen LogP) is 6.44. The maximum Gasteiger partial charge on any atom is 0.118 e. The number of rotatable bonds is 4. The Morgan fingerprint density at radius 1 is 1.04 bits per heavy atom. The molecule has 1 aliphatic rings. The molecule has 0 unspecified atom stereocenters. The van der Waals surface area contributed by atoms with Crippen molar-refractivity contribution in [2.45, 2.75) is 50.7 Å². The topological polar surface area (TPSA) is 21.6 Å². The third kappa shape index (κ3) is 4.66. The van der Waals surface area contributed by atoms with E-state index in [1.165, 1.54) is 33.8 Å². The first-order valence-corrected chi connectivity index (χ1v) is 9.91. The summed E-state index contributed by atoms with van der Waals surface area (Å²) >= 11 is 1.87. The second kappa shape index (κ2) is 7.65. The molecule has 0 aromatic heterocycles. The molecule has 0 aliphatic carbocycles. The zero-order chi connectivity index (χ0) is 17.9. The van der Waals surface area contributed by atoms with Gasteiger partial charge in [0, 0.05) is 21.8 Å². The fraction of sp³-hybridized carbons (Fsp3) is 0.409. The average molecular weight is 354 g/mol. The monoisotopic (exact) mass is 353 g/mol. The van der Waals surface area contributed by atoms with Gasteiger partial charge in [-0.15, -0.1) is 11.8 Å². The Balaban J connectivity index is 1.76. The van der Waals surface area contributed by atoms with Gasteiger partial charge in [-0.2, -0.15) is 0 Å². The van der Waals surface area contributed by atoms with Crippen LogP contribution in [0.25, 0.3) is 0 Å². The second-order valence-corrected chi connectivity index (χ2v) is 8.64. The largest absolute Gasteiger partial charge is 0.497 e. The van der Waals surface area contributed by atoms with E-state index in [2.05, 4.69) is 51.1 Å². The van der Waals surface area contributed by atoms with Crippen LogP contribution in [0.3, 0.4) is 0 Å². The van der Waals surface area contributed by atoms with Crippen molar-refractivity contribution in [2.24, 2.45) is 10.4 Å². The minimum absolute atomic E-state index is 0.147. The molecule has 25 heavy (non-hydrogen) atoms. The molecule has 3 heteroatoms. The first-order valence-electron chi connectivity index (χ1n) is 8.92. The van der Waals surface area contributed by atoms with Crippen LogP contribution in [0.15, 0.2) is 52.4 Å². The SMILES string of the molecule is COc1ccc(CSc2ccc3c(c2)N=C(C(C)(C)C)CCC3)cc1. The van der Waals surface area contributed by atoms with Crippen molar-refractivity contribution in [1.82, 2.24) is 0 Å². The molecule has 0 amide bonds. The number of fused-ring (bicyclic) bond motifs is 1. The zero-order valence-electron chi connectivity index (χ0n) is 15.6. The molecule has 0 N–H and O–H groups in total. The Hall–Kier alpha value is -1.74. The van der Waals surface area contributed by atoms with Crippen LogP contribution in [-0.2, 0) is 12.2 Å². The van der Waals surface area contributed by atoms with Crippen molar-refractivity contribution in [3.8, 4) is 5.75 Å². The molecule has 0 spiro atoms. The highest BCUT2D eigenvalue weighted by atomic mass is 32.2. The second-order valence-electron chi connectivity index (χ2n) is 7.59. The van der Waals surface area contributed by atoms with Crippen molar-refractivity contribution in [1.29, 1.82) is 0 Å². The standard InChI is InChI=1S/C22H27NOS/c1-22(2,3)21-7-5-6-17-10-13-19(14-20(17)23-21)25-15-16-8-11-18(24-4)12-9-16/h8-14H,5-7,15H2,1-4H3. The fourth-order valence-electron chi connectivity index (χ4n) is 3.03. The molecule has 132 valence electrons. The molecule has 0 saturated carbocycles. The summed E-state index contributed by atoms with van der Waals surface area (Å²) in [5.41, 5.74) is 5.33. The third-order valence-corrected chi connectivity index (χ3v) is 5.67. The lowest BCUT2D eigenvalue weighted by molar-refractivity contribution is 0.414. The van der Waals surface area contributed by atoms with Gasteiger partial charge in [0.2, 0.25) is 0 Å². The van der Waals surface area contributed by atoms with E-state index in [1.54, 1.807) is 7.11 Å². The Morgan fingerprint density at radius 3 is 2.48 bits per heavy atom. The smallest absolute Gasteiger partial charge is 0.118 e. The van der Waals surface area contributed by atoms with Gasteiger partial charge in [0.15, 0.2) is 0 Å². The van der Waals surface area contributed by atoms with Crippen molar-refractivity contribution in [3.63, 3.8) is 0 Å². The summed E-state index contributed by atoms with van der Waals surface area (Å²) in [6, 6.07) is 15.1.